The topological polar surface area (TPSA) is 58.7 Å². The number of methoxy groups -OCH3 is 1. The summed E-state index contributed by atoms with van der Waals surface area (Å²) in [5, 5.41) is 8.86. The molecule has 78 valence electrons. The third kappa shape index (κ3) is 3.23. The summed E-state index contributed by atoms with van der Waals surface area (Å²) in [7, 11) is 1.70. The van der Waals surface area contributed by atoms with Gasteiger partial charge in [0.05, 0.1) is 13.2 Å². The van der Waals surface area contributed by atoms with Gasteiger partial charge >= 0.3 is 0 Å². The Hall–Kier alpha value is -0.160. The van der Waals surface area contributed by atoms with E-state index in [-0.39, 0.29) is 6.61 Å². The zero-order chi connectivity index (χ0) is 9.68. The zero-order valence-corrected chi connectivity index (χ0v) is 8.28. The molecule has 13 heavy (non-hydrogen) atoms. The highest BCUT2D eigenvalue weighted by Crippen LogP contribution is 2.23. The van der Waals surface area contributed by atoms with Gasteiger partial charge in [0.1, 0.15) is 0 Å². The maximum absolute atomic E-state index is 8.86. The zero-order valence-electron chi connectivity index (χ0n) is 8.28. The smallest absolute Gasteiger partial charge is 0.0589 e. The van der Waals surface area contributed by atoms with Crippen molar-refractivity contribution in [1.29, 1.82) is 0 Å². The molecule has 3 N–H and O–H groups in total. The van der Waals surface area contributed by atoms with Gasteiger partial charge in [-0.3, -0.25) is 4.90 Å². The number of ether oxygens (including phenoxy) is 1. The van der Waals surface area contributed by atoms with E-state index in [1.807, 2.05) is 0 Å². The molecule has 0 spiro atoms. The predicted octanol–water partition coefficient (Wildman–Crippen LogP) is -0.583. The maximum Gasteiger partial charge on any atom is 0.0589 e. The van der Waals surface area contributed by atoms with Gasteiger partial charge in [-0.2, -0.15) is 0 Å². The number of nitrogens with two attached hydrogens (primary N) is 1. The SMILES string of the molecule is COCCN(CCO)C1CC(N)C1. The largest absolute Gasteiger partial charge is 0.395 e. The van der Waals surface area contributed by atoms with Crippen molar-refractivity contribution in [1.82, 2.24) is 4.90 Å². The Labute approximate surface area is 79.7 Å². The molecule has 0 atom stereocenters. The molecule has 4 nitrogen and oxygen atoms in total. The van der Waals surface area contributed by atoms with Crippen LogP contribution in [0.1, 0.15) is 12.8 Å². The van der Waals surface area contributed by atoms with Crippen molar-refractivity contribution in [3.05, 3.63) is 0 Å². The number of hydrogen-bond acceptors (Lipinski definition) is 4. The summed E-state index contributed by atoms with van der Waals surface area (Å²) < 4.78 is 5.01. The Kier molecular flexibility index (Phi) is 4.66. The second-order valence-electron chi connectivity index (χ2n) is 3.64. The van der Waals surface area contributed by atoms with Crippen LogP contribution in [0, 0.1) is 0 Å². The van der Waals surface area contributed by atoms with Crippen LogP contribution in [0.5, 0.6) is 0 Å². The average Bonchev–Trinajstić information content (AvgIpc) is 2.07. The quantitative estimate of drug-likeness (QED) is 0.585. The van der Waals surface area contributed by atoms with E-state index in [1.165, 1.54) is 0 Å². The van der Waals surface area contributed by atoms with Crippen molar-refractivity contribution in [2.24, 2.45) is 5.73 Å². The van der Waals surface area contributed by atoms with Gasteiger partial charge in [0.25, 0.3) is 0 Å². The summed E-state index contributed by atoms with van der Waals surface area (Å²) in [6, 6.07) is 0.936. The first-order valence-electron chi connectivity index (χ1n) is 4.87. The first-order valence-corrected chi connectivity index (χ1v) is 4.87. The van der Waals surface area contributed by atoms with E-state index < -0.39 is 0 Å². The molecule has 0 aromatic heterocycles. The van der Waals surface area contributed by atoms with Gasteiger partial charge in [-0.05, 0) is 12.8 Å². The molecule has 4 heteroatoms. The van der Waals surface area contributed by atoms with Crippen molar-refractivity contribution in [2.45, 2.75) is 24.9 Å². The molecule has 1 saturated carbocycles. The van der Waals surface area contributed by atoms with Crippen molar-refractivity contribution in [3.63, 3.8) is 0 Å². The minimum Gasteiger partial charge on any atom is -0.395 e. The molecule has 0 amide bonds. The summed E-state index contributed by atoms with van der Waals surface area (Å²) in [6.07, 6.45) is 2.12. The molecule has 0 unspecified atom stereocenters. The van der Waals surface area contributed by atoms with Gasteiger partial charge in [-0.15, -0.1) is 0 Å². The van der Waals surface area contributed by atoms with Crippen molar-refractivity contribution < 1.29 is 9.84 Å². The van der Waals surface area contributed by atoms with E-state index in [4.69, 9.17) is 15.6 Å². The third-order valence-electron chi connectivity index (χ3n) is 2.64. The number of nitrogens with zero attached hydrogens (tertiary/aromatic N) is 1. The van der Waals surface area contributed by atoms with Crippen LogP contribution >= 0.6 is 0 Å². The molecule has 0 saturated heterocycles. The number of aliphatic hydroxyl groups excluding tert-OH is 1. The minimum atomic E-state index is 0.218. The number of rotatable bonds is 6. The van der Waals surface area contributed by atoms with Crippen LogP contribution in [-0.2, 0) is 4.74 Å². The van der Waals surface area contributed by atoms with Crippen LogP contribution in [0.4, 0.5) is 0 Å². The van der Waals surface area contributed by atoms with Gasteiger partial charge < -0.3 is 15.6 Å². The van der Waals surface area contributed by atoms with Crippen molar-refractivity contribution >= 4 is 0 Å². The first-order chi connectivity index (χ1) is 6.27. The maximum atomic E-state index is 8.86. The summed E-state index contributed by atoms with van der Waals surface area (Å²) in [5.74, 6) is 0. The standard InChI is InChI=1S/C9H20N2O2/c1-13-5-3-11(2-4-12)9-6-8(10)7-9/h8-9,12H,2-7,10H2,1H3. The Morgan fingerprint density at radius 1 is 1.46 bits per heavy atom. The average molecular weight is 188 g/mol. The van der Waals surface area contributed by atoms with Crippen molar-refractivity contribution in [3.8, 4) is 0 Å². The second kappa shape index (κ2) is 5.54. The highest BCUT2D eigenvalue weighted by molar-refractivity contribution is 4.89. The number of hydrogen-bond donors (Lipinski definition) is 2. The van der Waals surface area contributed by atoms with E-state index in [0.29, 0.717) is 12.1 Å². The van der Waals surface area contributed by atoms with Gasteiger partial charge in [-0.25, -0.2) is 0 Å². The normalized spacial score (nSPS) is 27.7. The minimum absolute atomic E-state index is 0.218. The highest BCUT2D eigenvalue weighted by atomic mass is 16.5. The Morgan fingerprint density at radius 3 is 2.62 bits per heavy atom. The molecule has 0 bridgehead atoms. The van der Waals surface area contributed by atoms with Crippen LogP contribution < -0.4 is 5.73 Å². The summed E-state index contributed by atoms with van der Waals surface area (Å²) >= 11 is 0. The monoisotopic (exact) mass is 188 g/mol. The third-order valence-corrected chi connectivity index (χ3v) is 2.64. The van der Waals surface area contributed by atoms with E-state index in [0.717, 1.165) is 32.5 Å². The lowest BCUT2D eigenvalue weighted by atomic mass is 9.86. The molecule has 1 aliphatic carbocycles. The lowest BCUT2D eigenvalue weighted by molar-refractivity contribution is 0.0605. The molecule has 0 radical (unpaired) electrons. The van der Waals surface area contributed by atoms with Gasteiger partial charge in [0.2, 0.25) is 0 Å². The van der Waals surface area contributed by atoms with Crippen LogP contribution in [0.2, 0.25) is 0 Å². The fraction of sp³-hybridized carbons (Fsp3) is 1.00. The molecule has 1 aliphatic rings. The molecular formula is C9H20N2O2. The predicted molar refractivity (Wildman–Crippen MR) is 51.5 cm³/mol. The molecule has 1 fully saturated rings. The fourth-order valence-electron chi connectivity index (χ4n) is 1.74. The number of aliphatic hydroxyl groups is 1. The van der Waals surface area contributed by atoms with E-state index in [2.05, 4.69) is 4.90 Å². The summed E-state index contributed by atoms with van der Waals surface area (Å²) in [4.78, 5) is 2.26. The lowest BCUT2D eigenvalue weighted by Gasteiger charge is -2.41. The van der Waals surface area contributed by atoms with Crippen LogP contribution in [0.25, 0.3) is 0 Å². The molecule has 0 aromatic carbocycles. The first kappa shape index (κ1) is 10.9. The molecule has 0 aromatic rings. The Balaban J connectivity index is 2.21. The Morgan fingerprint density at radius 2 is 2.15 bits per heavy atom. The fourth-order valence-corrected chi connectivity index (χ4v) is 1.74. The van der Waals surface area contributed by atoms with Gasteiger partial charge in [0, 0.05) is 32.3 Å². The molecule has 1 rings (SSSR count). The van der Waals surface area contributed by atoms with Crippen LogP contribution in [-0.4, -0.2) is 55.5 Å². The summed E-state index contributed by atoms with van der Waals surface area (Å²) in [5.41, 5.74) is 5.71. The molecule has 0 aliphatic heterocycles. The Bertz CT molecular complexity index is 138. The van der Waals surface area contributed by atoms with Gasteiger partial charge in [0.15, 0.2) is 0 Å². The second-order valence-corrected chi connectivity index (χ2v) is 3.64. The van der Waals surface area contributed by atoms with Crippen molar-refractivity contribution in [2.75, 3.05) is 33.4 Å². The molecular weight excluding hydrogens is 168 g/mol. The lowest BCUT2D eigenvalue weighted by Crippen LogP contribution is -2.52. The molecule has 0 heterocycles. The van der Waals surface area contributed by atoms with E-state index in [1.54, 1.807) is 7.11 Å². The van der Waals surface area contributed by atoms with E-state index in [9.17, 15) is 0 Å². The van der Waals surface area contributed by atoms with E-state index >= 15 is 0 Å². The highest BCUT2D eigenvalue weighted by Gasteiger charge is 2.30. The van der Waals surface area contributed by atoms with Crippen LogP contribution in [0.15, 0.2) is 0 Å². The summed E-state index contributed by atoms with van der Waals surface area (Å²) in [6.45, 7) is 2.58. The van der Waals surface area contributed by atoms with Crippen LogP contribution in [0.3, 0.4) is 0 Å². The van der Waals surface area contributed by atoms with Gasteiger partial charge in [-0.1, -0.05) is 0 Å².